The highest BCUT2D eigenvalue weighted by molar-refractivity contribution is 5.96. The van der Waals surface area contributed by atoms with Crippen molar-refractivity contribution < 1.29 is 14.3 Å². The summed E-state index contributed by atoms with van der Waals surface area (Å²) >= 11 is 0. The van der Waals surface area contributed by atoms with Gasteiger partial charge in [0.15, 0.2) is 0 Å². The number of rotatable bonds is 5. The van der Waals surface area contributed by atoms with Crippen LogP contribution in [0.3, 0.4) is 0 Å². The number of methoxy groups -OCH3 is 1. The molecule has 26 heavy (non-hydrogen) atoms. The summed E-state index contributed by atoms with van der Waals surface area (Å²) in [7, 11) is 3.28. The third kappa shape index (κ3) is 3.89. The summed E-state index contributed by atoms with van der Waals surface area (Å²) in [5.74, 6) is 0.651. The fraction of sp³-hybridized carbons (Fsp3) is 0.381. The summed E-state index contributed by atoms with van der Waals surface area (Å²) in [6.07, 6.45) is 0. The molecular formula is C21H26N2O3. The molecule has 1 N–H and O–H groups in total. The zero-order chi connectivity index (χ0) is 18.5. The SMILES string of the molecule is CNC(=O)c1ccc(OC)c(-c2ccc(C(C)N3CCOCC3)cc2)c1. The maximum atomic E-state index is 11.9. The third-order valence-corrected chi connectivity index (χ3v) is 4.99. The first-order chi connectivity index (χ1) is 12.6. The number of carbonyl (C=O) groups is 1. The number of hydrogen-bond donors (Lipinski definition) is 1. The maximum Gasteiger partial charge on any atom is 0.251 e. The summed E-state index contributed by atoms with van der Waals surface area (Å²) in [5, 5.41) is 2.66. The largest absolute Gasteiger partial charge is 0.496 e. The smallest absolute Gasteiger partial charge is 0.251 e. The number of morpholine rings is 1. The fourth-order valence-corrected chi connectivity index (χ4v) is 3.34. The average molecular weight is 354 g/mol. The molecule has 0 aromatic heterocycles. The van der Waals surface area contributed by atoms with Gasteiger partial charge < -0.3 is 14.8 Å². The lowest BCUT2D eigenvalue weighted by Crippen LogP contribution is -2.37. The van der Waals surface area contributed by atoms with Crippen LogP contribution in [0.4, 0.5) is 0 Å². The van der Waals surface area contributed by atoms with E-state index < -0.39 is 0 Å². The minimum atomic E-state index is -0.105. The standard InChI is InChI=1S/C21H26N2O3/c1-15(23-10-12-26-13-11-23)16-4-6-17(7-5-16)19-14-18(21(24)22-2)8-9-20(19)25-3/h4-9,14-15H,10-13H2,1-3H3,(H,22,24). The van der Waals surface area contributed by atoms with E-state index in [1.807, 2.05) is 12.1 Å². The van der Waals surface area contributed by atoms with Crippen LogP contribution in [0.2, 0.25) is 0 Å². The van der Waals surface area contributed by atoms with Crippen molar-refractivity contribution in [2.75, 3.05) is 40.5 Å². The number of nitrogens with one attached hydrogen (secondary N) is 1. The first-order valence-corrected chi connectivity index (χ1v) is 8.96. The molecule has 1 aliphatic rings. The topological polar surface area (TPSA) is 50.8 Å². The Labute approximate surface area is 154 Å². The zero-order valence-corrected chi connectivity index (χ0v) is 15.6. The molecule has 2 aromatic rings. The summed E-state index contributed by atoms with van der Waals surface area (Å²) < 4.78 is 10.9. The lowest BCUT2D eigenvalue weighted by molar-refractivity contribution is 0.0198. The highest BCUT2D eigenvalue weighted by atomic mass is 16.5. The second-order valence-corrected chi connectivity index (χ2v) is 6.44. The Balaban J connectivity index is 1.86. The predicted molar refractivity (Wildman–Crippen MR) is 103 cm³/mol. The lowest BCUT2D eigenvalue weighted by atomic mass is 9.98. The van der Waals surface area contributed by atoms with Crippen molar-refractivity contribution in [2.24, 2.45) is 0 Å². The Bertz CT molecular complexity index is 752. The van der Waals surface area contributed by atoms with Crippen molar-refractivity contribution in [1.82, 2.24) is 10.2 Å². The lowest BCUT2D eigenvalue weighted by Gasteiger charge is -2.32. The second kappa shape index (κ2) is 8.34. The van der Waals surface area contributed by atoms with Gasteiger partial charge in [-0.3, -0.25) is 9.69 Å². The molecule has 1 atom stereocenters. The van der Waals surface area contributed by atoms with Crippen LogP contribution in [0.1, 0.15) is 28.9 Å². The van der Waals surface area contributed by atoms with Crippen molar-refractivity contribution in [3.05, 3.63) is 53.6 Å². The van der Waals surface area contributed by atoms with Crippen LogP contribution in [0.5, 0.6) is 5.75 Å². The van der Waals surface area contributed by atoms with E-state index in [0.717, 1.165) is 43.2 Å². The normalized spacial score (nSPS) is 16.1. The Hall–Kier alpha value is -2.37. The molecule has 0 spiro atoms. The van der Waals surface area contributed by atoms with Crippen LogP contribution in [-0.4, -0.2) is 51.3 Å². The Kier molecular flexibility index (Phi) is 5.91. The summed E-state index contributed by atoms with van der Waals surface area (Å²) in [4.78, 5) is 14.4. The van der Waals surface area contributed by atoms with Gasteiger partial charge in [-0.15, -0.1) is 0 Å². The molecule has 1 amide bonds. The third-order valence-electron chi connectivity index (χ3n) is 4.99. The molecule has 0 radical (unpaired) electrons. The van der Waals surface area contributed by atoms with E-state index in [2.05, 4.69) is 41.4 Å². The molecule has 2 aromatic carbocycles. The van der Waals surface area contributed by atoms with Gasteiger partial charge in [-0.1, -0.05) is 24.3 Å². The number of carbonyl (C=O) groups excluding carboxylic acids is 1. The number of amides is 1. The van der Waals surface area contributed by atoms with Crippen LogP contribution < -0.4 is 10.1 Å². The van der Waals surface area contributed by atoms with Crippen molar-refractivity contribution >= 4 is 5.91 Å². The molecule has 138 valence electrons. The van der Waals surface area contributed by atoms with E-state index in [0.29, 0.717) is 11.6 Å². The summed E-state index contributed by atoms with van der Waals surface area (Å²) in [6.45, 7) is 5.75. The Morgan fingerprint density at radius 3 is 2.46 bits per heavy atom. The van der Waals surface area contributed by atoms with Crippen LogP contribution in [-0.2, 0) is 4.74 Å². The highest BCUT2D eigenvalue weighted by Crippen LogP contribution is 2.32. The zero-order valence-electron chi connectivity index (χ0n) is 15.6. The van der Waals surface area contributed by atoms with Gasteiger partial charge in [0.1, 0.15) is 5.75 Å². The number of ether oxygens (including phenoxy) is 2. The second-order valence-electron chi connectivity index (χ2n) is 6.44. The van der Waals surface area contributed by atoms with Gasteiger partial charge >= 0.3 is 0 Å². The average Bonchev–Trinajstić information content (AvgIpc) is 2.73. The molecule has 1 aliphatic heterocycles. The molecule has 1 saturated heterocycles. The maximum absolute atomic E-state index is 11.9. The van der Waals surface area contributed by atoms with Gasteiger partial charge in [0.2, 0.25) is 0 Å². The minimum Gasteiger partial charge on any atom is -0.496 e. The van der Waals surface area contributed by atoms with E-state index in [1.54, 1.807) is 20.2 Å². The van der Waals surface area contributed by atoms with Gasteiger partial charge in [0.05, 0.1) is 20.3 Å². The molecule has 1 heterocycles. The van der Waals surface area contributed by atoms with Crippen molar-refractivity contribution in [3.63, 3.8) is 0 Å². The van der Waals surface area contributed by atoms with Gasteiger partial charge in [-0.05, 0) is 36.2 Å². The Morgan fingerprint density at radius 2 is 1.85 bits per heavy atom. The summed E-state index contributed by atoms with van der Waals surface area (Å²) in [5.41, 5.74) is 3.84. The van der Waals surface area contributed by atoms with Gasteiger partial charge in [0, 0.05) is 37.3 Å². The molecule has 5 heteroatoms. The molecule has 0 aliphatic carbocycles. The van der Waals surface area contributed by atoms with E-state index in [-0.39, 0.29) is 5.91 Å². The molecular weight excluding hydrogens is 328 g/mol. The van der Waals surface area contributed by atoms with Crippen LogP contribution >= 0.6 is 0 Å². The Morgan fingerprint density at radius 1 is 1.15 bits per heavy atom. The number of nitrogens with zero attached hydrogens (tertiary/aromatic N) is 1. The van der Waals surface area contributed by atoms with Crippen LogP contribution in [0.15, 0.2) is 42.5 Å². The monoisotopic (exact) mass is 354 g/mol. The van der Waals surface area contributed by atoms with Crippen molar-refractivity contribution in [1.29, 1.82) is 0 Å². The van der Waals surface area contributed by atoms with Gasteiger partial charge in [0.25, 0.3) is 5.91 Å². The molecule has 0 bridgehead atoms. The van der Waals surface area contributed by atoms with E-state index >= 15 is 0 Å². The van der Waals surface area contributed by atoms with Gasteiger partial charge in [-0.25, -0.2) is 0 Å². The van der Waals surface area contributed by atoms with E-state index in [9.17, 15) is 4.79 Å². The molecule has 1 fully saturated rings. The fourth-order valence-electron chi connectivity index (χ4n) is 3.34. The molecule has 5 nitrogen and oxygen atoms in total. The van der Waals surface area contributed by atoms with E-state index in [1.165, 1.54) is 5.56 Å². The minimum absolute atomic E-state index is 0.105. The molecule has 3 rings (SSSR count). The number of hydrogen-bond acceptors (Lipinski definition) is 4. The summed E-state index contributed by atoms with van der Waals surface area (Å²) in [6, 6.07) is 14.3. The van der Waals surface area contributed by atoms with Gasteiger partial charge in [-0.2, -0.15) is 0 Å². The van der Waals surface area contributed by atoms with Crippen molar-refractivity contribution in [3.8, 4) is 16.9 Å². The number of benzene rings is 2. The quantitative estimate of drug-likeness (QED) is 0.896. The highest BCUT2D eigenvalue weighted by Gasteiger charge is 2.18. The van der Waals surface area contributed by atoms with Crippen LogP contribution in [0, 0.1) is 0 Å². The first-order valence-electron chi connectivity index (χ1n) is 8.96. The first kappa shape index (κ1) is 18.4. The van der Waals surface area contributed by atoms with Crippen LogP contribution in [0.25, 0.3) is 11.1 Å². The van der Waals surface area contributed by atoms with Crippen molar-refractivity contribution in [2.45, 2.75) is 13.0 Å². The molecule has 1 unspecified atom stereocenters. The van der Waals surface area contributed by atoms with E-state index in [4.69, 9.17) is 9.47 Å². The molecule has 0 saturated carbocycles. The predicted octanol–water partition coefficient (Wildman–Crippen LogP) is 3.12.